The molecule has 3 rings (SSSR count). The Hall–Kier alpha value is -1.91. The van der Waals surface area contributed by atoms with Crippen LogP contribution in [0.25, 0.3) is 0 Å². The number of rotatable bonds is 4. The lowest BCUT2D eigenvalue weighted by atomic mass is 10.1. The number of ether oxygens (including phenoxy) is 1. The molecule has 1 aromatic rings. The van der Waals surface area contributed by atoms with Gasteiger partial charge in [0.2, 0.25) is 0 Å². The summed E-state index contributed by atoms with van der Waals surface area (Å²) in [6.45, 7) is 0. The highest BCUT2D eigenvalue weighted by Gasteiger charge is 2.60. The SMILES string of the molecule is COc1c(F)cc(F)c[c]1[Al]([C]1(F)C=CC=C(F)C1)[C]1(F)C=CC=C(F)C1. The number of halogens is 6. The molecule has 2 atom stereocenters. The Kier molecular flexibility index (Phi) is 5.33. The minimum absolute atomic E-state index is 0.348. The van der Waals surface area contributed by atoms with Crippen LogP contribution in [0.15, 0.2) is 60.2 Å². The van der Waals surface area contributed by atoms with E-state index in [0.717, 1.165) is 49.6 Å². The van der Waals surface area contributed by atoms with Crippen molar-refractivity contribution in [2.75, 3.05) is 7.11 Å². The van der Waals surface area contributed by atoms with Crippen molar-refractivity contribution in [2.24, 2.45) is 0 Å². The Bertz CT molecular complexity index is 835. The second kappa shape index (κ2) is 7.25. The van der Waals surface area contributed by atoms with Crippen molar-refractivity contribution in [1.82, 2.24) is 0 Å². The van der Waals surface area contributed by atoms with Gasteiger partial charge in [-0.3, -0.25) is 8.78 Å². The van der Waals surface area contributed by atoms with Gasteiger partial charge >= 0.3 is 14.1 Å². The molecule has 27 heavy (non-hydrogen) atoms. The van der Waals surface area contributed by atoms with E-state index in [-0.39, 0.29) is 4.43 Å². The largest absolute Gasteiger partial charge is 0.495 e. The molecule has 0 saturated carbocycles. The summed E-state index contributed by atoms with van der Waals surface area (Å²) in [5.74, 6) is -4.39. The van der Waals surface area contributed by atoms with Gasteiger partial charge in [-0.05, 0) is 18.2 Å². The van der Waals surface area contributed by atoms with Crippen LogP contribution in [0.4, 0.5) is 26.3 Å². The lowest BCUT2D eigenvalue weighted by molar-refractivity contribution is 0.258. The molecule has 0 aliphatic heterocycles. The third-order valence-corrected chi connectivity index (χ3v) is 8.46. The quantitative estimate of drug-likeness (QED) is 0.521. The van der Waals surface area contributed by atoms with Crippen molar-refractivity contribution < 1.29 is 31.1 Å². The topological polar surface area (TPSA) is 9.23 Å². The molecule has 1 aromatic carbocycles. The van der Waals surface area contributed by atoms with Crippen LogP contribution in [0.5, 0.6) is 5.75 Å². The summed E-state index contributed by atoms with van der Waals surface area (Å²) >= 11 is -3.85. The third kappa shape index (κ3) is 3.74. The average molecular weight is 400 g/mol. The smallest absolute Gasteiger partial charge is 0.430 e. The fraction of sp³-hybridized carbons (Fsp3) is 0.263. The van der Waals surface area contributed by atoms with Crippen LogP contribution < -0.4 is 9.16 Å². The van der Waals surface area contributed by atoms with Gasteiger partial charge in [0.25, 0.3) is 0 Å². The van der Waals surface area contributed by atoms with Crippen LogP contribution in [0, 0.1) is 11.6 Å². The first-order chi connectivity index (χ1) is 12.7. The Morgan fingerprint density at radius 3 is 1.85 bits per heavy atom. The summed E-state index contributed by atoms with van der Waals surface area (Å²) in [4.78, 5) is 0. The molecule has 0 aromatic heterocycles. The molecular weight excluding hydrogens is 385 g/mol. The zero-order valence-corrected chi connectivity index (χ0v) is 15.4. The minimum atomic E-state index is -3.85. The highest BCUT2D eigenvalue weighted by atomic mass is 27.2. The van der Waals surface area contributed by atoms with Crippen molar-refractivity contribution in [1.29, 1.82) is 0 Å². The van der Waals surface area contributed by atoms with E-state index in [2.05, 4.69) is 0 Å². The first-order valence-electron chi connectivity index (χ1n) is 8.17. The monoisotopic (exact) mass is 400 g/mol. The second-order valence-corrected chi connectivity index (χ2v) is 10.0. The van der Waals surface area contributed by atoms with E-state index in [1.54, 1.807) is 0 Å². The van der Waals surface area contributed by atoms with Crippen molar-refractivity contribution in [3.05, 3.63) is 71.9 Å². The molecule has 0 spiro atoms. The van der Waals surface area contributed by atoms with E-state index < -0.39 is 65.1 Å². The number of benzene rings is 1. The molecule has 0 saturated heterocycles. The Balaban J connectivity index is 2.24. The summed E-state index contributed by atoms with van der Waals surface area (Å²) in [5, 5.41) is 0. The van der Waals surface area contributed by atoms with Gasteiger partial charge < -0.3 is 4.74 Å². The molecule has 0 heterocycles. The van der Waals surface area contributed by atoms with E-state index in [9.17, 15) is 17.6 Å². The Labute approximate surface area is 156 Å². The molecule has 0 amide bonds. The van der Waals surface area contributed by atoms with Crippen molar-refractivity contribution in [2.45, 2.75) is 21.9 Å². The van der Waals surface area contributed by atoms with E-state index in [1.807, 2.05) is 0 Å². The summed E-state index contributed by atoms with van der Waals surface area (Å²) in [7, 11) is 1.08. The summed E-state index contributed by atoms with van der Waals surface area (Å²) in [5.41, 5.74) is 0. The lowest BCUT2D eigenvalue weighted by Crippen LogP contribution is -2.62. The number of methoxy groups -OCH3 is 1. The molecule has 0 bridgehead atoms. The van der Waals surface area contributed by atoms with Gasteiger partial charge in [-0.15, -0.1) is 0 Å². The van der Waals surface area contributed by atoms with E-state index in [1.165, 1.54) is 0 Å². The first-order valence-corrected chi connectivity index (χ1v) is 9.90. The van der Waals surface area contributed by atoms with E-state index in [4.69, 9.17) is 4.74 Å². The molecule has 2 unspecified atom stereocenters. The Morgan fingerprint density at radius 1 is 0.889 bits per heavy atom. The summed E-state index contributed by atoms with van der Waals surface area (Å²) in [6.07, 6.45) is 4.57. The van der Waals surface area contributed by atoms with Gasteiger partial charge in [0.05, 0.1) is 16.2 Å². The average Bonchev–Trinajstić information content (AvgIpc) is 2.53. The molecule has 2 aliphatic carbocycles. The van der Waals surface area contributed by atoms with Crippen LogP contribution in [-0.4, -0.2) is 30.3 Å². The van der Waals surface area contributed by atoms with Crippen molar-refractivity contribution in [3.8, 4) is 5.75 Å². The van der Waals surface area contributed by atoms with E-state index in [0.29, 0.717) is 6.07 Å². The molecular formula is C19H15AlF6O. The van der Waals surface area contributed by atoms with Gasteiger partial charge in [-0.2, -0.15) is 0 Å². The van der Waals surface area contributed by atoms with Gasteiger partial charge in [0.15, 0.2) is 5.82 Å². The number of alkyl halides is 2. The van der Waals surface area contributed by atoms with Gasteiger partial charge in [-0.1, -0.05) is 28.7 Å². The number of hydrogen-bond donors (Lipinski definition) is 0. The highest BCUT2D eigenvalue weighted by Crippen LogP contribution is 2.42. The van der Waals surface area contributed by atoms with Gasteiger partial charge in [0, 0.05) is 18.9 Å². The van der Waals surface area contributed by atoms with Gasteiger partial charge in [-0.25, -0.2) is 17.6 Å². The summed E-state index contributed by atoms with van der Waals surface area (Å²) in [6, 6.07) is 1.31. The molecule has 0 fully saturated rings. The third-order valence-electron chi connectivity index (χ3n) is 4.69. The van der Waals surface area contributed by atoms with Crippen LogP contribution in [0.3, 0.4) is 0 Å². The van der Waals surface area contributed by atoms with Crippen molar-refractivity contribution >= 4 is 18.6 Å². The zero-order valence-electron chi connectivity index (χ0n) is 14.3. The van der Waals surface area contributed by atoms with Crippen molar-refractivity contribution in [3.63, 3.8) is 0 Å². The molecule has 0 N–H and O–H groups in total. The maximum atomic E-state index is 15.9. The molecule has 2 aliphatic rings. The van der Waals surface area contributed by atoms with Crippen LogP contribution in [0.1, 0.15) is 12.8 Å². The normalized spacial score (nSPS) is 27.2. The number of allylic oxidation sites excluding steroid dienone is 8. The standard InChI is InChI=1S/C7H5F2O.2C6H5F2.Al/c1-10-7-3-2-5(8)4-6(7)9;2*7-5-2-1-3-6(8)4-5;/h2,4H,1H3;2*1-3H,4H2;. The van der Waals surface area contributed by atoms with Crippen LogP contribution in [0.2, 0.25) is 0 Å². The molecule has 142 valence electrons. The molecule has 1 nitrogen and oxygen atoms in total. The minimum Gasteiger partial charge on any atom is -0.495 e. The zero-order chi connectivity index (χ0) is 19.8. The van der Waals surface area contributed by atoms with Gasteiger partial charge in [0.1, 0.15) is 23.2 Å². The van der Waals surface area contributed by atoms with Crippen LogP contribution >= 0.6 is 0 Å². The fourth-order valence-electron chi connectivity index (χ4n) is 3.70. The van der Waals surface area contributed by atoms with E-state index >= 15 is 8.78 Å². The maximum Gasteiger partial charge on any atom is 0.430 e. The predicted octanol–water partition coefficient (Wildman–Crippen LogP) is 4.80. The second-order valence-electron chi connectivity index (χ2n) is 6.60. The first kappa shape index (κ1) is 19.8. The Morgan fingerprint density at radius 2 is 1.41 bits per heavy atom. The molecule has 8 heteroatoms. The summed E-state index contributed by atoms with van der Waals surface area (Å²) < 4.78 is 87.1. The fourth-order valence-corrected chi connectivity index (χ4v) is 7.78. The highest BCUT2D eigenvalue weighted by molar-refractivity contribution is 6.80. The molecule has 0 radical (unpaired) electrons. The predicted molar refractivity (Wildman–Crippen MR) is 91.9 cm³/mol. The maximum absolute atomic E-state index is 15.9. The number of hydrogen-bond acceptors (Lipinski definition) is 1. The van der Waals surface area contributed by atoms with Crippen LogP contribution in [-0.2, 0) is 0 Å². The lowest BCUT2D eigenvalue weighted by Gasteiger charge is -2.38.